The van der Waals surface area contributed by atoms with E-state index in [1.165, 1.54) is 21.6 Å². The lowest BCUT2D eigenvalue weighted by atomic mass is 10.1. The average Bonchev–Trinajstić information content (AvgIpc) is 3.78. The van der Waals surface area contributed by atoms with Crippen LogP contribution < -0.4 is 4.90 Å². The number of sulfone groups is 1. The van der Waals surface area contributed by atoms with Gasteiger partial charge in [-0.2, -0.15) is 25.2 Å². The molecule has 2 aliphatic heterocycles. The van der Waals surface area contributed by atoms with Gasteiger partial charge in [0, 0.05) is 56.5 Å². The molecule has 0 unspecified atom stereocenters. The second-order valence-electron chi connectivity index (χ2n) is 11.0. The normalized spacial score (nSPS) is 18.9. The number of anilines is 1. The van der Waals surface area contributed by atoms with Crippen LogP contribution >= 0.6 is 0 Å². The fraction of sp³-hybridized carbons (Fsp3) is 0.357. The van der Waals surface area contributed by atoms with Crippen molar-refractivity contribution in [2.24, 2.45) is 7.05 Å². The Morgan fingerprint density at radius 1 is 1.02 bits per heavy atom. The average molecular weight is 605 g/mol. The zero-order valence-electron chi connectivity index (χ0n) is 23.8. The van der Waals surface area contributed by atoms with E-state index in [2.05, 4.69) is 25.4 Å². The molecule has 0 radical (unpaired) electrons. The highest BCUT2D eigenvalue weighted by atomic mass is 32.2. The Hall–Kier alpha value is -4.66. The highest BCUT2D eigenvalue weighted by Crippen LogP contribution is 2.32. The first kappa shape index (κ1) is 27.2. The standard InChI is InChI=1S/C28H29FN10O3S/c1-17-25-6-8-30-38(25)11-10-37(17)28(40)23-13-26(24-15-31-35(2)33-24)39-27(32-23)14-22(34-39)20-5-4-18(12-21(20)29)36-9-7-19(16-36)43(3,41)42/h4-6,8,12-15,17,19H,7,9-11,16H2,1-3H3/t17-,19+/m1/s1. The highest BCUT2D eigenvalue weighted by Gasteiger charge is 2.32. The van der Waals surface area contributed by atoms with Gasteiger partial charge in [0.2, 0.25) is 0 Å². The maximum Gasteiger partial charge on any atom is 0.273 e. The van der Waals surface area contributed by atoms with Crippen molar-refractivity contribution in [3.8, 4) is 22.6 Å². The molecule has 0 bridgehead atoms. The van der Waals surface area contributed by atoms with Crippen LogP contribution in [-0.4, -0.2) is 89.7 Å². The van der Waals surface area contributed by atoms with E-state index < -0.39 is 20.9 Å². The summed E-state index contributed by atoms with van der Waals surface area (Å²) in [6.07, 6.45) is 5.04. The maximum atomic E-state index is 15.6. The lowest BCUT2D eigenvalue weighted by Gasteiger charge is -2.33. The predicted molar refractivity (Wildman–Crippen MR) is 156 cm³/mol. The number of nitrogens with zero attached hydrogens (tertiary/aromatic N) is 10. The molecule has 4 aromatic heterocycles. The third-order valence-electron chi connectivity index (χ3n) is 8.31. The number of rotatable bonds is 5. The molecule has 1 amide bonds. The van der Waals surface area contributed by atoms with Crippen molar-refractivity contribution in [1.82, 2.24) is 44.3 Å². The summed E-state index contributed by atoms with van der Waals surface area (Å²) in [6, 6.07) is 9.78. The number of halogens is 1. The monoisotopic (exact) mass is 604 g/mol. The van der Waals surface area contributed by atoms with Gasteiger partial charge in [-0.3, -0.25) is 9.48 Å². The van der Waals surface area contributed by atoms with E-state index in [1.807, 2.05) is 22.6 Å². The van der Waals surface area contributed by atoms with Gasteiger partial charge in [0.15, 0.2) is 15.5 Å². The lowest BCUT2D eigenvalue weighted by Crippen LogP contribution is -2.41. The van der Waals surface area contributed by atoms with E-state index in [9.17, 15) is 13.2 Å². The van der Waals surface area contributed by atoms with Gasteiger partial charge in [-0.1, -0.05) is 0 Å². The Balaban J connectivity index is 1.26. The van der Waals surface area contributed by atoms with Crippen molar-refractivity contribution >= 4 is 27.1 Å². The number of amides is 1. The molecule has 1 fully saturated rings. The zero-order valence-corrected chi connectivity index (χ0v) is 24.6. The molecule has 7 rings (SSSR count). The molecule has 15 heteroatoms. The van der Waals surface area contributed by atoms with Gasteiger partial charge in [0.05, 0.1) is 41.1 Å². The quantitative estimate of drug-likeness (QED) is 0.296. The van der Waals surface area contributed by atoms with Gasteiger partial charge in [0.25, 0.3) is 5.91 Å². The molecule has 5 aromatic rings. The summed E-state index contributed by atoms with van der Waals surface area (Å²) in [5, 5.41) is 17.1. The van der Waals surface area contributed by atoms with Gasteiger partial charge < -0.3 is 9.80 Å². The summed E-state index contributed by atoms with van der Waals surface area (Å²) in [5.74, 6) is -0.747. The van der Waals surface area contributed by atoms with Crippen LogP contribution in [0.4, 0.5) is 10.1 Å². The van der Waals surface area contributed by atoms with Crippen molar-refractivity contribution in [2.75, 3.05) is 30.8 Å². The van der Waals surface area contributed by atoms with Crippen molar-refractivity contribution in [1.29, 1.82) is 0 Å². The summed E-state index contributed by atoms with van der Waals surface area (Å²) in [7, 11) is -1.48. The summed E-state index contributed by atoms with van der Waals surface area (Å²) in [6.45, 7) is 3.87. The van der Waals surface area contributed by atoms with E-state index in [-0.39, 0.29) is 23.2 Å². The second kappa shape index (κ2) is 9.97. The minimum Gasteiger partial charge on any atom is -0.370 e. The molecule has 0 saturated carbocycles. The van der Waals surface area contributed by atoms with Crippen LogP contribution in [0.3, 0.4) is 0 Å². The number of carbonyl (C=O) groups is 1. The van der Waals surface area contributed by atoms with E-state index in [0.717, 1.165) is 5.69 Å². The Labute approximate surface area is 246 Å². The van der Waals surface area contributed by atoms with Gasteiger partial charge in [-0.25, -0.2) is 22.3 Å². The van der Waals surface area contributed by atoms with E-state index in [0.29, 0.717) is 61.0 Å². The topological polar surface area (TPSA) is 136 Å². The third-order valence-corrected chi connectivity index (χ3v) is 9.91. The largest absolute Gasteiger partial charge is 0.370 e. The van der Waals surface area contributed by atoms with Crippen molar-refractivity contribution in [3.05, 3.63) is 66.0 Å². The molecular weight excluding hydrogens is 575 g/mol. The van der Waals surface area contributed by atoms with E-state index in [1.54, 1.807) is 48.6 Å². The molecule has 43 heavy (non-hydrogen) atoms. The van der Waals surface area contributed by atoms with Crippen LogP contribution in [0.5, 0.6) is 0 Å². The number of fused-ring (bicyclic) bond motifs is 2. The molecule has 1 aromatic carbocycles. The van der Waals surface area contributed by atoms with Gasteiger partial charge >= 0.3 is 0 Å². The van der Waals surface area contributed by atoms with E-state index >= 15 is 4.39 Å². The number of aromatic nitrogens is 8. The first-order valence-electron chi connectivity index (χ1n) is 13.9. The maximum absolute atomic E-state index is 15.6. The Kier molecular flexibility index (Phi) is 6.30. The molecule has 0 N–H and O–H groups in total. The molecule has 0 spiro atoms. The fourth-order valence-electron chi connectivity index (χ4n) is 5.95. The number of hydrogen-bond acceptors (Lipinski definition) is 9. The Bertz CT molecular complexity index is 2000. The van der Waals surface area contributed by atoms with Crippen LogP contribution in [0.15, 0.2) is 48.8 Å². The minimum absolute atomic E-state index is 0.196. The summed E-state index contributed by atoms with van der Waals surface area (Å²) >= 11 is 0. The van der Waals surface area contributed by atoms with Crippen molar-refractivity contribution in [2.45, 2.75) is 31.2 Å². The van der Waals surface area contributed by atoms with Crippen molar-refractivity contribution in [3.63, 3.8) is 0 Å². The van der Waals surface area contributed by atoms with Crippen LogP contribution in [0.1, 0.15) is 35.6 Å². The minimum atomic E-state index is -3.17. The summed E-state index contributed by atoms with van der Waals surface area (Å²) < 4.78 is 43.0. The SMILES string of the molecule is C[C@@H]1c2ccnn2CCN1C(=O)c1cc(-c2cnn(C)n2)n2nc(-c3ccc(N4CC[C@H](S(C)(=O)=O)C4)cc3F)cc2n1. The smallest absolute Gasteiger partial charge is 0.273 e. The Morgan fingerprint density at radius 3 is 2.58 bits per heavy atom. The molecular formula is C28H29FN10O3S. The molecule has 222 valence electrons. The van der Waals surface area contributed by atoms with E-state index in [4.69, 9.17) is 0 Å². The number of carbonyl (C=O) groups excluding carboxylic acids is 1. The van der Waals surface area contributed by atoms with Gasteiger partial charge in [-0.05, 0) is 43.7 Å². The second-order valence-corrected chi connectivity index (χ2v) is 13.4. The summed E-state index contributed by atoms with van der Waals surface area (Å²) in [4.78, 5) is 23.5. The lowest BCUT2D eigenvalue weighted by molar-refractivity contribution is 0.0631. The van der Waals surface area contributed by atoms with Crippen LogP contribution in [0, 0.1) is 5.82 Å². The number of hydrogen-bond donors (Lipinski definition) is 0. The fourth-order valence-corrected chi connectivity index (χ4v) is 6.93. The number of benzene rings is 1. The molecule has 13 nitrogen and oxygen atoms in total. The Morgan fingerprint density at radius 2 is 1.86 bits per heavy atom. The van der Waals surface area contributed by atoms with Crippen LogP contribution in [0.25, 0.3) is 28.3 Å². The third kappa shape index (κ3) is 4.73. The van der Waals surface area contributed by atoms with Gasteiger partial charge in [-0.15, -0.1) is 0 Å². The summed E-state index contributed by atoms with van der Waals surface area (Å²) in [5.41, 5.74) is 3.68. The molecule has 2 aliphatic rings. The van der Waals surface area contributed by atoms with Gasteiger partial charge in [0.1, 0.15) is 17.2 Å². The van der Waals surface area contributed by atoms with Crippen LogP contribution in [-0.2, 0) is 23.4 Å². The zero-order chi connectivity index (χ0) is 30.0. The predicted octanol–water partition coefficient (Wildman–Crippen LogP) is 2.37. The van der Waals surface area contributed by atoms with Crippen LogP contribution in [0.2, 0.25) is 0 Å². The first-order valence-corrected chi connectivity index (χ1v) is 15.9. The molecule has 0 aliphatic carbocycles. The first-order chi connectivity index (χ1) is 20.6. The molecule has 2 atom stereocenters. The molecule has 6 heterocycles. The number of aryl methyl sites for hydroxylation is 1. The van der Waals surface area contributed by atoms with Crippen molar-refractivity contribution < 1.29 is 17.6 Å². The molecule has 1 saturated heterocycles. The highest BCUT2D eigenvalue weighted by molar-refractivity contribution is 7.91.